The first-order valence-corrected chi connectivity index (χ1v) is 20.7. The highest BCUT2D eigenvalue weighted by Crippen LogP contribution is 2.48. The molecule has 5 N–H and O–H groups in total. The molecule has 4 atom stereocenters. The molecule has 0 unspecified atom stereocenters. The van der Waals surface area contributed by atoms with Gasteiger partial charge in [-0.3, -0.25) is 14.5 Å². The predicted octanol–water partition coefficient (Wildman–Crippen LogP) is 3.69. The van der Waals surface area contributed by atoms with Crippen LogP contribution in [0.5, 0.6) is 0 Å². The Kier molecular flexibility index (Phi) is 12.3. The van der Waals surface area contributed by atoms with Gasteiger partial charge in [-0.1, -0.05) is 99.1 Å². The maximum absolute atomic E-state index is 14.3. The van der Waals surface area contributed by atoms with E-state index in [1.54, 1.807) is 24.3 Å². The van der Waals surface area contributed by atoms with E-state index in [9.17, 15) is 35.0 Å². The quantitative estimate of drug-likeness (QED) is 0.0734. The van der Waals surface area contributed by atoms with Crippen LogP contribution >= 0.6 is 0 Å². The molecule has 12 heteroatoms. The molecule has 0 radical (unpaired) electrons. The molecule has 1 fully saturated rings. The van der Waals surface area contributed by atoms with E-state index < -0.39 is 57.7 Å². The average molecular weight is 764 g/mol. The van der Waals surface area contributed by atoms with E-state index in [2.05, 4.69) is 45.0 Å². The highest BCUT2D eigenvalue weighted by molar-refractivity contribution is 6.99. The molecule has 0 spiro atoms. The molecule has 1 aromatic heterocycles. The normalized spacial score (nSPS) is 19.9. The lowest BCUT2D eigenvalue weighted by atomic mass is 9.68. The molecule has 1 aliphatic carbocycles. The number of benzene rings is 3. The Morgan fingerprint density at radius 1 is 0.945 bits per heavy atom. The van der Waals surface area contributed by atoms with Gasteiger partial charge in [-0.05, 0) is 88.5 Å². The Morgan fingerprint density at radius 2 is 1.60 bits per heavy atom. The first-order chi connectivity index (χ1) is 26.3. The highest BCUT2D eigenvalue weighted by atomic mass is 28.4. The van der Waals surface area contributed by atoms with E-state index in [-0.39, 0.29) is 42.2 Å². The summed E-state index contributed by atoms with van der Waals surface area (Å²) in [6, 6.07) is 29.8. The number of aliphatic hydroxyl groups excluding tert-OH is 3. The fraction of sp³-hybridized carbons (Fsp3) is 0.349. The number of rotatable bonds is 14. The van der Waals surface area contributed by atoms with Crippen molar-refractivity contribution < 1.29 is 43.8 Å². The SMILES string of the molecule is C/C(=C\c1ccc(CO)o1)CC[C@@H](O)C1=C(CO[Si](c2ccccc2)(c2ccccc2)C(C)(C)C)C[C@H]2C(=O)N(c3cccc(B(O)O)c3)C(=O)[C@H]2[C@H]1CO. The van der Waals surface area contributed by atoms with Crippen LogP contribution in [-0.4, -0.2) is 71.9 Å². The van der Waals surface area contributed by atoms with Crippen molar-refractivity contribution in [3.63, 3.8) is 0 Å². The standard InChI is InChI=1S/C43H50BNO9Si/c1-28(22-32-19-20-33(25-46)54-32)18-21-38(48)39-29(27-53-55(43(2,3)4,34-14-7-5-8-15-34)35-16-9-6-10-17-35)23-36-40(37(39)26-47)42(50)45(41(36)49)31-13-11-12-30(24-31)44(51)52/h5-17,19-20,22,24,36-38,40,46-48,51-52H,18,21,23,25-27H2,1-4H3/b28-22+/t36-,37+,38-,40-/m1/s1. The van der Waals surface area contributed by atoms with Crippen LogP contribution in [0.4, 0.5) is 5.69 Å². The van der Waals surface area contributed by atoms with E-state index >= 15 is 0 Å². The summed E-state index contributed by atoms with van der Waals surface area (Å²) >= 11 is 0. The summed E-state index contributed by atoms with van der Waals surface area (Å²) in [6.07, 6.45) is 1.64. The number of amides is 2. The lowest BCUT2D eigenvalue weighted by Gasteiger charge is -2.44. The number of fused-ring (bicyclic) bond motifs is 1. The van der Waals surface area contributed by atoms with Gasteiger partial charge in [0, 0.05) is 5.92 Å². The highest BCUT2D eigenvalue weighted by Gasteiger charge is 2.56. The Bertz CT molecular complexity index is 2000. The maximum atomic E-state index is 14.3. The fourth-order valence-corrected chi connectivity index (χ4v) is 13.1. The van der Waals surface area contributed by atoms with Crippen LogP contribution in [0.25, 0.3) is 6.08 Å². The molecule has 1 saturated heterocycles. The zero-order valence-corrected chi connectivity index (χ0v) is 32.8. The van der Waals surface area contributed by atoms with Crippen LogP contribution in [-0.2, 0) is 20.6 Å². The molecular formula is C43H50BNO9Si. The summed E-state index contributed by atoms with van der Waals surface area (Å²) in [5.41, 5.74) is 2.45. The van der Waals surface area contributed by atoms with E-state index in [1.807, 2.05) is 49.4 Å². The zero-order chi connectivity index (χ0) is 39.5. The van der Waals surface area contributed by atoms with Crippen molar-refractivity contribution in [1.82, 2.24) is 0 Å². The van der Waals surface area contributed by atoms with E-state index in [0.29, 0.717) is 29.1 Å². The summed E-state index contributed by atoms with van der Waals surface area (Å²) in [6.45, 7) is 7.80. The topological polar surface area (TPSA) is 161 Å². The molecule has 4 aromatic rings. The number of carbonyl (C=O) groups excluding carboxylic acids is 2. The van der Waals surface area contributed by atoms with Crippen molar-refractivity contribution in [2.45, 2.75) is 64.7 Å². The second-order valence-electron chi connectivity index (χ2n) is 15.6. The van der Waals surface area contributed by atoms with Crippen LogP contribution < -0.4 is 20.7 Å². The third kappa shape index (κ3) is 7.99. The second kappa shape index (κ2) is 16.8. The number of carbonyl (C=O) groups is 2. The predicted molar refractivity (Wildman–Crippen MR) is 215 cm³/mol. The number of imide groups is 1. The minimum absolute atomic E-state index is 0.0677. The molecular weight excluding hydrogens is 713 g/mol. The van der Waals surface area contributed by atoms with Gasteiger partial charge in [-0.15, -0.1) is 0 Å². The molecule has 6 rings (SSSR count). The van der Waals surface area contributed by atoms with Gasteiger partial charge >= 0.3 is 7.12 Å². The van der Waals surface area contributed by atoms with Crippen LogP contribution in [0.1, 0.15) is 58.5 Å². The number of nitrogens with zero attached hydrogens (tertiary/aromatic N) is 1. The molecule has 2 heterocycles. The number of furan rings is 1. The number of allylic oxidation sites excluding steroid dienone is 1. The van der Waals surface area contributed by atoms with Crippen molar-refractivity contribution in [1.29, 1.82) is 0 Å². The van der Waals surface area contributed by atoms with Gasteiger partial charge in [-0.25, -0.2) is 0 Å². The van der Waals surface area contributed by atoms with Gasteiger partial charge in [0.1, 0.15) is 18.1 Å². The van der Waals surface area contributed by atoms with Gasteiger partial charge in [0.25, 0.3) is 8.32 Å². The van der Waals surface area contributed by atoms with Crippen LogP contribution in [0.2, 0.25) is 5.04 Å². The fourth-order valence-electron chi connectivity index (χ4n) is 8.52. The van der Waals surface area contributed by atoms with Crippen molar-refractivity contribution in [2.75, 3.05) is 18.1 Å². The zero-order valence-electron chi connectivity index (χ0n) is 31.8. The molecule has 10 nitrogen and oxygen atoms in total. The average Bonchev–Trinajstić information content (AvgIpc) is 3.74. The number of hydrogen-bond acceptors (Lipinski definition) is 9. The van der Waals surface area contributed by atoms with Crippen LogP contribution in [0.3, 0.4) is 0 Å². The van der Waals surface area contributed by atoms with Crippen molar-refractivity contribution >= 4 is 54.8 Å². The molecule has 2 amide bonds. The Labute approximate surface area is 323 Å². The van der Waals surface area contributed by atoms with Gasteiger partial charge in [-0.2, -0.15) is 0 Å². The molecule has 3 aromatic carbocycles. The van der Waals surface area contributed by atoms with E-state index in [1.165, 1.54) is 12.1 Å². The third-order valence-corrected chi connectivity index (χ3v) is 16.1. The Balaban J connectivity index is 1.41. The second-order valence-corrected chi connectivity index (χ2v) is 19.9. The summed E-state index contributed by atoms with van der Waals surface area (Å²) in [7, 11) is -4.88. The smallest absolute Gasteiger partial charge is 0.459 e. The Hall–Kier alpha value is -4.40. The molecule has 1 aliphatic heterocycles. The number of aliphatic hydroxyl groups is 3. The molecule has 2 aliphatic rings. The van der Waals surface area contributed by atoms with Gasteiger partial charge in [0.05, 0.1) is 36.8 Å². The van der Waals surface area contributed by atoms with Crippen molar-refractivity contribution in [2.24, 2.45) is 17.8 Å². The third-order valence-electron chi connectivity index (χ3n) is 11.1. The van der Waals surface area contributed by atoms with Gasteiger partial charge in [0.15, 0.2) is 0 Å². The number of anilines is 1. The van der Waals surface area contributed by atoms with Gasteiger partial charge in [0.2, 0.25) is 11.8 Å². The first-order valence-electron chi connectivity index (χ1n) is 18.8. The molecule has 0 bridgehead atoms. The van der Waals surface area contributed by atoms with E-state index in [4.69, 9.17) is 8.84 Å². The van der Waals surface area contributed by atoms with E-state index in [0.717, 1.165) is 20.8 Å². The molecule has 0 saturated carbocycles. The first kappa shape index (κ1) is 40.3. The minimum atomic E-state index is -3.08. The molecule has 288 valence electrons. The summed E-state index contributed by atoms with van der Waals surface area (Å²) in [5.74, 6) is -2.59. The van der Waals surface area contributed by atoms with Crippen molar-refractivity contribution in [3.8, 4) is 0 Å². The summed E-state index contributed by atoms with van der Waals surface area (Å²) in [5, 5.41) is 54.1. The molecule has 55 heavy (non-hydrogen) atoms. The minimum Gasteiger partial charge on any atom is -0.459 e. The largest absolute Gasteiger partial charge is 0.488 e. The van der Waals surface area contributed by atoms with Crippen molar-refractivity contribution in [3.05, 3.63) is 125 Å². The maximum Gasteiger partial charge on any atom is 0.488 e. The lowest BCUT2D eigenvalue weighted by Crippen LogP contribution is -2.66. The lowest BCUT2D eigenvalue weighted by molar-refractivity contribution is -0.123. The van der Waals surface area contributed by atoms with Crippen LogP contribution in [0, 0.1) is 17.8 Å². The number of hydrogen-bond donors (Lipinski definition) is 5. The van der Waals surface area contributed by atoms with Gasteiger partial charge < -0.3 is 34.2 Å². The summed E-state index contributed by atoms with van der Waals surface area (Å²) in [4.78, 5) is 29.7. The van der Waals surface area contributed by atoms with Crippen LogP contribution in [0.15, 0.2) is 118 Å². The Morgan fingerprint density at radius 3 is 2.16 bits per heavy atom. The monoisotopic (exact) mass is 763 g/mol. The summed E-state index contributed by atoms with van der Waals surface area (Å²) < 4.78 is 13.0.